The normalized spacial score (nSPS) is 11.8. The van der Waals surface area contributed by atoms with E-state index in [0.717, 1.165) is 41.1 Å². The molecule has 0 aliphatic carbocycles. The number of ether oxygens (including phenoxy) is 1. The molecule has 3 aromatic rings. The molecule has 6 nitrogen and oxygen atoms in total. The number of hydrogen-bond donors (Lipinski definition) is 1. The lowest BCUT2D eigenvalue weighted by atomic mass is 10.2. The van der Waals surface area contributed by atoms with Gasteiger partial charge in [-0.25, -0.2) is 4.68 Å². The van der Waals surface area contributed by atoms with Crippen molar-refractivity contribution in [3.05, 3.63) is 81.8 Å². The van der Waals surface area contributed by atoms with Crippen molar-refractivity contribution in [3.63, 3.8) is 0 Å². The van der Waals surface area contributed by atoms with Crippen molar-refractivity contribution in [1.82, 2.24) is 9.78 Å². The third-order valence-corrected chi connectivity index (χ3v) is 4.10. The molecule has 0 aliphatic rings. The molecule has 168 valence electrons. The fourth-order valence-electron chi connectivity index (χ4n) is 2.75. The summed E-state index contributed by atoms with van der Waals surface area (Å²) in [4.78, 5) is 24.8. The fourth-order valence-corrected chi connectivity index (χ4v) is 2.75. The van der Waals surface area contributed by atoms with E-state index in [-0.39, 0.29) is 17.1 Å². The van der Waals surface area contributed by atoms with Gasteiger partial charge in [0.05, 0.1) is 16.9 Å². The molecule has 0 aliphatic heterocycles. The van der Waals surface area contributed by atoms with Crippen LogP contribution < -0.4 is 15.5 Å². The Morgan fingerprint density at radius 1 is 1.00 bits per heavy atom. The van der Waals surface area contributed by atoms with E-state index < -0.39 is 40.9 Å². The Balaban J connectivity index is 1.99. The minimum Gasteiger partial charge on any atom is -0.404 e. The van der Waals surface area contributed by atoms with Crippen LogP contribution in [0.3, 0.4) is 0 Å². The van der Waals surface area contributed by atoms with Crippen molar-refractivity contribution in [1.29, 1.82) is 0 Å². The van der Waals surface area contributed by atoms with Crippen LogP contribution in [0.25, 0.3) is 5.69 Å². The predicted octanol–water partition coefficient (Wildman–Crippen LogP) is 4.71. The number of nitrogens with one attached hydrogen (secondary N) is 1. The van der Waals surface area contributed by atoms with Crippen LogP contribution in [-0.2, 0) is 6.18 Å². The number of amides is 1. The summed E-state index contributed by atoms with van der Waals surface area (Å²) in [6.07, 6.45) is -9.66. The van der Waals surface area contributed by atoms with E-state index in [1.165, 1.54) is 25.1 Å². The first-order valence-corrected chi connectivity index (χ1v) is 8.80. The summed E-state index contributed by atoms with van der Waals surface area (Å²) in [5.74, 6) is -1.90. The van der Waals surface area contributed by atoms with Crippen LogP contribution in [0, 0.1) is 6.92 Å². The average Bonchev–Trinajstić information content (AvgIpc) is 2.68. The first-order chi connectivity index (χ1) is 14.8. The Morgan fingerprint density at radius 2 is 1.69 bits per heavy atom. The van der Waals surface area contributed by atoms with Crippen LogP contribution in [0.2, 0.25) is 0 Å². The molecule has 0 radical (unpaired) electrons. The minimum atomic E-state index is -5.03. The molecule has 1 amide bonds. The molecule has 1 aromatic heterocycles. The topological polar surface area (TPSA) is 73.2 Å². The summed E-state index contributed by atoms with van der Waals surface area (Å²) in [6.45, 7) is 1.39. The number of anilines is 1. The number of nitrogens with zero attached hydrogens (tertiary/aromatic N) is 2. The van der Waals surface area contributed by atoms with E-state index in [4.69, 9.17) is 0 Å². The van der Waals surface area contributed by atoms with Crippen LogP contribution in [0.1, 0.15) is 21.7 Å². The summed E-state index contributed by atoms with van der Waals surface area (Å²) in [5, 5.41) is 5.93. The number of halogens is 6. The molecule has 0 unspecified atom stereocenters. The molecule has 0 bridgehead atoms. The highest BCUT2D eigenvalue weighted by atomic mass is 19.4. The Labute approximate surface area is 176 Å². The number of carbonyl (C=O) groups is 1. The van der Waals surface area contributed by atoms with E-state index in [9.17, 15) is 35.9 Å². The Bertz CT molecular complexity index is 1220. The molecule has 0 saturated heterocycles. The first kappa shape index (κ1) is 22.8. The van der Waals surface area contributed by atoms with Gasteiger partial charge in [0.1, 0.15) is 0 Å². The molecule has 0 atom stereocenters. The van der Waals surface area contributed by atoms with E-state index in [2.05, 4.69) is 15.2 Å². The quantitative estimate of drug-likeness (QED) is 0.576. The highest BCUT2D eigenvalue weighted by Crippen LogP contribution is 2.31. The zero-order valence-electron chi connectivity index (χ0n) is 16.1. The van der Waals surface area contributed by atoms with E-state index in [1.807, 2.05) is 0 Å². The van der Waals surface area contributed by atoms with Gasteiger partial charge in [-0.2, -0.15) is 18.3 Å². The van der Waals surface area contributed by atoms with Gasteiger partial charge in [0.15, 0.2) is 11.4 Å². The number of aromatic nitrogens is 2. The molecule has 0 spiro atoms. The zero-order chi connectivity index (χ0) is 23.7. The number of aryl methyl sites for hydroxylation is 1. The number of carbonyl (C=O) groups excluding carboxylic acids is 1. The maximum absolute atomic E-state index is 13.0. The van der Waals surface area contributed by atoms with Crippen molar-refractivity contribution in [2.75, 3.05) is 5.32 Å². The largest absolute Gasteiger partial charge is 0.573 e. The molecular formula is C20H13F6N3O3. The summed E-state index contributed by atoms with van der Waals surface area (Å²) in [6, 6.07) is 9.62. The van der Waals surface area contributed by atoms with Gasteiger partial charge in [-0.05, 0) is 37.3 Å². The van der Waals surface area contributed by atoms with Gasteiger partial charge in [0, 0.05) is 11.8 Å². The summed E-state index contributed by atoms with van der Waals surface area (Å²) in [7, 11) is 0. The van der Waals surface area contributed by atoms with Gasteiger partial charge in [-0.15, -0.1) is 13.2 Å². The van der Waals surface area contributed by atoms with Gasteiger partial charge in [-0.3, -0.25) is 9.59 Å². The number of hydrogen-bond acceptors (Lipinski definition) is 4. The zero-order valence-corrected chi connectivity index (χ0v) is 16.1. The number of rotatable bonds is 4. The summed E-state index contributed by atoms with van der Waals surface area (Å²) in [5.41, 5.74) is -2.92. The van der Waals surface area contributed by atoms with Gasteiger partial charge >= 0.3 is 12.5 Å². The highest BCUT2D eigenvalue weighted by Gasteiger charge is 2.33. The van der Waals surface area contributed by atoms with E-state index in [0.29, 0.717) is 0 Å². The van der Waals surface area contributed by atoms with Crippen molar-refractivity contribution in [2.45, 2.75) is 19.5 Å². The number of alkyl halides is 6. The molecule has 1 N–H and O–H groups in total. The van der Waals surface area contributed by atoms with E-state index >= 15 is 0 Å². The second-order valence-corrected chi connectivity index (χ2v) is 6.46. The summed E-state index contributed by atoms with van der Waals surface area (Å²) >= 11 is 0. The standard InChI is InChI=1S/C20H13F6N3O3/c1-11-9-15(30)17(28-29(11)13-6-4-5-12(10-13)19(21,22)23)18(31)27-14-7-2-3-8-16(14)32-20(24,25)26/h2-10H,1H3,(H,27,31). The third kappa shape index (κ3) is 5.25. The predicted molar refractivity (Wildman–Crippen MR) is 101 cm³/mol. The Morgan fingerprint density at radius 3 is 2.34 bits per heavy atom. The second-order valence-electron chi connectivity index (χ2n) is 6.46. The monoisotopic (exact) mass is 457 g/mol. The second kappa shape index (κ2) is 8.36. The SMILES string of the molecule is Cc1cc(=O)c(C(=O)Nc2ccccc2OC(F)(F)F)nn1-c1cccc(C(F)(F)F)c1. The molecule has 32 heavy (non-hydrogen) atoms. The van der Waals surface area contributed by atoms with Crippen molar-refractivity contribution < 1.29 is 35.9 Å². The van der Waals surface area contributed by atoms with Crippen LogP contribution >= 0.6 is 0 Å². The van der Waals surface area contributed by atoms with Gasteiger partial charge in [-0.1, -0.05) is 18.2 Å². The van der Waals surface area contributed by atoms with Gasteiger partial charge in [0.25, 0.3) is 5.91 Å². The molecular weight excluding hydrogens is 444 g/mol. The number of benzene rings is 2. The highest BCUT2D eigenvalue weighted by molar-refractivity contribution is 6.03. The molecule has 3 rings (SSSR count). The molecule has 1 heterocycles. The smallest absolute Gasteiger partial charge is 0.404 e. The molecule has 12 heteroatoms. The van der Waals surface area contributed by atoms with E-state index in [1.54, 1.807) is 0 Å². The molecule has 2 aromatic carbocycles. The van der Waals surface area contributed by atoms with Crippen molar-refractivity contribution in [3.8, 4) is 11.4 Å². The average molecular weight is 457 g/mol. The Hall–Kier alpha value is -3.83. The van der Waals surface area contributed by atoms with Crippen LogP contribution in [0.15, 0.2) is 59.4 Å². The lowest BCUT2D eigenvalue weighted by Crippen LogP contribution is -2.27. The lowest BCUT2D eigenvalue weighted by Gasteiger charge is -2.15. The maximum Gasteiger partial charge on any atom is 0.573 e. The third-order valence-electron chi connectivity index (χ3n) is 4.10. The van der Waals surface area contributed by atoms with Crippen LogP contribution in [-0.4, -0.2) is 22.1 Å². The Kier molecular flexibility index (Phi) is 5.97. The van der Waals surface area contributed by atoms with Crippen LogP contribution in [0.4, 0.5) is 32.0 Å². The molecule has 0 saturated carbocycles. The molecule has 0 fully saturated rings. The first-order valence-electron chi connectivity index (χ1n) is 8.80. The van der Waals surface area contributed by atoms with Crippen LogP contribution in [0.5, 0.6) is 5.75 Å². The fraction of sp³-hybridized carbons (Fsp3) is 0.150. The van der Waals surface area contributed by atoms with Crippen molar-refractivity contribution in [2.24, 2.45) is 0 Å². The van der Waals surface area contributed by atoms with Crippen molar-refractivity contribution >= 4 is 11.6 Å². The lowest BCUT2D eigenvalue weighted by molar-refractivity contribution is -0.274. The number of para-hydroxylation sites is 2. The van der Waals surface area contributed by atoms with Gasteiger partial charge in [0.2, 0.25) is 5.43 Å². The van der Waals surface area contributed by atoms with Gasteiger partial charge < -0.3 is 10.1 Å². The maximum atomic E-state index is 13.0. The summed E-state index contributed by atoms with van der Waals surface area (Å²) < 4.78 is 81.5. The minimum absolute atomic E-state index is 0.0767.